The molecule has 0 amide bonds. The van der Waals surface area contributed by atoms with Crippen molar-refractivity contribution in [3.8, 4) is 17.2 Å². The Balaban J connectivity index is 1.11. The third-order valence-corrected chi connectivity index (χ3v) is 9.80. The van der Waals surface area contributed by atoms with E-state index in [1.807, 2.05) is 133 Å². The smallest absolute Gasteiger partial charge is 0.169 e. The average molecular weight is 793 g/mol. The SMILES string of the molecule is COc1ccc(N(c2ccc(C)cc2)c2ccc(C=Cc3c(F)c(F)c(C=Cc4ccc(N(c5ccc(OC)cc5)c5ccc(OC)cc5)cc4)c(F)c3F)cc2)cc1. The molecule has 0 bridgehead atoms. The third-order valence-electron chi connectivity index (χ3n) is 9.80. The van der Waals surface area contributed by atoms with Gasteiger partial charge in [0.2, 0.25) is 0 Å². The summed E-state index contributed by atoms with van der Waals surface area (Å²) in [6, 6.07) is 45.2. The Labute approximate surface area is 341 Å². The van der Waals surface area contributed by atoms with Gasteiger partial charge in [0.05, 0.1) is 32.5 Å². The molecule has 0 radical (unpaired) electrons. The minimum absolute atomic E-state index is 0.554. The Hall–Kier alpha value is -7.26. The molecule has 0 spiro atoms. The molecule has 0 N–H and O–H groups in total. The summed E-state index contributed by atoms with van der Waals surface area (Å²) in [7, 11) is 4.80. The first kappa shape index (κ1) is 40.0. The molecule has 0 atom stereocenters. The van der Waals surface area contributed by atoms with E-state index >= 15 is 17.6 Å². The Bertz CT molecular complexity index is 2500. The molecule has 0 heterocycles. The van der Waals surface area contributed by atoms with Crippen molar-refractivity contribution in [2.45, 2.75) is 6.92 Å². The van der Waals surface area contributed by atoms with Gasteiger partial charge in [-0.3, -0.25) is 0 Å². The number of methoxy groups -OCH3 is 3. The Morgan fingerprint density at radius 3 is 0.831 bits per heavy atom. The number of hydrogen-bond donors (Lipinski definition) is 0. The Kier molecular flexibility index (Phi) is 12.1. The number of anilines is 6. The molecule has 5 nitrogen and oxygen atoms in total. The van der Waals surface area contributed by atoms with Crippen molar-refractivity contribution in [2.75, 3.05) is 31.1 Å². The van der Waals surface area contributed by atoms with E-state index in [2.05, 4.69) is 4.90 Å². The van der Waals surface area contributed by atoms with Crippen LogP contribution in [0.15, 0.2) is 146 Å². The maximum atomic E-state index is 15.4. The predicted molar refractivity (Wildman–Crippen MR) is 231 cm³/mol. The van der Waals surface area contributed by atoms with Crippen molar-refractivity contribution in [3.63, 3.8) is 0 Å². The second kappa shape index (κ2) is 17.9. The summed E-state index contributed by atoms with van der Waals surface area (Å²) in [5.74, 6) is -3.84. The lowest BCUT2D eigenvalue weighted by molar-refractivity contribution is 0.414. The summed E-state index contributed by atoms with van der Waals surface area (Å²) in [5, 5.41) is 0. The Morgan fingerprint density at radius 1 is 0.339 bits per heavy atom. The normalized spacial score (nSPS) is 11.3. The van der Waals surface area contributed by atoms with Crippen LogP contribution in [0.3, 0.4) is 0 Å². The number of ether oxygens (including phenoxy) is 3. The van der Waals surface area contributed by atoms with E-state index in [9.17, 15) is 0 Å². The summed E-state index contributed by atoms with van der Waals surface area (Å²) < 4.78 is 77.7. The Morgan fingerprint density at radius 2 is 0.576 bits per heavy atom. The molecule has 7 aromatic rings. The third kappa shape index (κ3) is 8.84. The minimum Gasteiger partial charge on any atom is -0.497 e. The molecule has 0 aliphatic rings. The molecule has 0 aromatic heterocycles. The van der Waals surface area contributed by atoms with Gasteiger partial charge >= 0.3 is 0 Å². The van der Waals surface area contributed by atoms with Gasteiger partial charge in [0.1, 0.15) is 17.2 Å². The number of rotatable bonds is 13. The minimum atomic E-state index is -1.50. The van der Waals surface area contributed by atoms with Crippen molar-refractivity contribution < 1.29 is 31.8 Å². The summed E-state index contributed by atoms with van der Waals surface area (Å²) in [5.41, 5.74) is 5.74. The van der Waals surface area contributed by atoms with E-state index in [1.54, 1.807) is 45.6 Å². The van der Waals surface area contributed by atoms with Crippen molar-refractivity contribution >= 4 is 58.4 Å². The zero-order valence-corrected chi connectivity index (χ0v) is 32.8. The molecular formula is C50H40F4N2O3. The highest BCUT2D eigenvalue weighted by atomic mass is 19.2. The van der Waals surface area contributed by atoms with Gasteiger partial charge in [-0.2, -0.15) is 0 Å². The van der Waals surface area contributed by atoms with Crippen LogP contribution in [-0.4, -0.2) is 21.3 Å². The van der Waals surface area contributed by atoms with Crippen LogP contribution in [0.5, 0.6) is 17.2 Å². The fourth-order valence-corrected chi connectivity index (χ4v) is 6.57. The van der Waals surface area contributed by atoms with Gasteiger partial charge in [0.15, 0.2) is 23.3 Å². The fraction of sp³-hybridized carbons (Fsp3) is 0.0800. The van der Waals surface area contributed by atoms with Crippen LogP contribution >= 0.6 is 0 Å². The molecule has 0 unspecified atom stereocenters. The molecule has 0 saturated heterocycles. The first-order valence-electron chi connectivity index (χ1n) is 18.7. The van der Waals surface area contributed by atoms with Gasteiger partial charge in [-0.05, 0) is 139 Å². The largest absolute Gasteiger partial charge is 0.497 e. The molecular weight excluding hydrogens is 753 g/mol. The van der Waals surface area contributed by atoms with Gasteiger partial charge in [0, 0.05) is 34.1 Å². The van der Waals surface area contributed by atoms with E-state index in [-0.39, 0.29) is 0 Å². The highest BCUT2D eigenvalue weighted by Crippen LogP contribution is 2.38. The second-order valence-corrected chi connectivity index (χ2v) is 13.5. The molecule has 296 valence electrons. The molecule has 9 heteroatoms. The number of halogens is 4. The van der Waals surface area contributed by atoms with Crippen LogP contribution in [0.2, 0.25) is 0 Å². The van der Waals surface area contributed by atoms with Gasteiger partial charge in [-0.25, -0.2) is 17.6 Å². The number of hydrogen-bond acceptors (Lipinski definition) is 5. The van der Waals surface area contributed by atoms with Crippen LogP contribution in [0, 0.1) is 30.2 Å². The van der Waals surface area contributed by atoms with Crippen molar-refractivity contribution in [3.05, 3.63) is 197 Å². The van der Waals surface area contributed by atoms with Gasteiger partial charge in [-0.1, -0.05) is 54.1 Å². The average Bonchev–Trinajstić information content (AvgIpc) is 3.28. The lowest BCUT2D eigenvalue weighted by Crippen LogP contribution is -2.09. The van der Waals surface area contributed by atoms with E-state index in [4.69, 9.17) is 14.2 Å². The zero-order chi connectivity index (χ0) is 41.5. The van der Waals surface area contributed by atoms with E-state index < -0.39 is 34.4 Å². The highest BCUT2D eigenvalue weighted by molar-refractivity contribution is 5.81. The van der Waals surface area contributed by atoms with Crippen molar-refractivity contribution in [1.82, 2.24) is 0 Å². The lowest BCUT2D eigenvalue weighted by atomic mass is 10.0. The first-order valence-corrected chi connectivity index (χ1v) is 18.7. The zero-order valence-electron chi connectivity index (χ0n) is 32.8. The molecule has 7 aromatic carbocycles. The summed E-state index contributed by atoms with van der Waals surface area (Å²) in [6.07, 6.45) is 4.88. The topological polar surface area (TPSA) is 34.2 Å². The molecule has 0 saturated carbocycles. The molecule has 0 aliphatic heterocycles. The van der Waals surface area contributed by atoms with Crippen molar-refractivity contribution in [1.29, 1.82) is 0 Å². The van der Waals surface area contributed by atoms with Crippen molar-refractivity contribution in [2.24, 2.45) is 0 Å². The monoisotopic (exact) mass is 792 g/mol. The molecule has 0 aliphatic carbocycles. The quantitative estimate of drug-likeness (QED) is 0.0660. The van der Waals surface area contributed by atoms with E-state index in [1.165, 1.54) is 12.2 Å². The molecule has 59 heavy (non-hydrogen) atoms. The van der Waals surface area contributed by atoms with Gasteiger partial charge in [0.25, 0.3) is 0 Å². The summed E-state index contributed by atoms with van der Waals surface area (Å²) >= 11 is 0. The van der Waals surface area contributed by atoms with Gasteiger partial charge in [-0.15, -0.1) is 0 Å². The first-order chi connectivity index (χ1) is 28.7. The lowest BCUT2D eigenvalue weighted by Gasteiger charge is -2.26. The molecule has 0 fully saturated rings. The predicted octanol–water partition coefficient (Wildman–Crippen LogP) is 13.9. The standard InChI is InChI=1S/C50H40F4N2O3/c1-33-5-13-36(14-6-33)55(39-19-25-42(57-2)26-20-39)37-15-7-34(8-16-37)11-31-45-47(51)49(53)46(50(54)48(45)52)32-12-35-9-17-38(18-10-35)56(40-21-27-43(58-3)28-22-40)41-23-29-44(59-4)30-24-41/h5-32H,1-4H3. The maximum absolute atomic E-state index is 15.4. The van der Waals surface area contributed by atoms with Crippen LogP contribution in [-0.2, 0) is 0 Å². The summed E-state index contributed by atoms with van der Waals surface area (Å²) in [4.78, 5) is 4.07. The van der Waals surface area contributed by atoms with Crippen LogP contribution in [0.4, 0.5) is 51.7 Å². The summed E-state index contributed by atoms with van der Waals surface area (Å²) in [6.45, 7) is 2.01. The number of benzene rings is 7. The number of nitrogens with zero attached hydrogens (tertiary/aromatic N) is 2. The van der Waals surface area contributed by atoms with Crippen LogP contribution in [0.1, 0.15) is 27.8 Å². The highest BCUT2D eigenvalue weighted by Gasteiger charge is 2.23. The molecule has 7 rings (SSSR count). The maximum Gasteiger partial charge on any atom is 0.169 e. The number of aryl methyl sites for hydroxylation is 1. The van der Waals surface area contributed by atoms with E-state index in [0.29, 0.717) is 22.6 Å². The second-order valence-electron chi connectivity index (χ2n) is 13.5. The van der Waals surface area contributed by atoms with Gasteiger partial charge < -0.3 is 24.0 Å². The van der Waals surface area contributed by atoms with Crippen LogP contribution in [0.25, 0.3) is 24.3 Å². The fourth-order valence-electron chi connectivity index (χ4n) is 6.57. The van der Waals surface area contributed by atoms with Crippen LogP contribution < -0.4 is 24.0 Å². The van der Waals surface area contributed by atoms with E-state index in [0.717, 1.165) is 57.6 Å².